The highest BCUT2D eigenvalue weighted by molar-refractivity contribution is 6.45. The summed E-state index contributed by atoms with van der Waals surface area (Å²) in [7, 11) is 1.14. The normalized spacial score (nSPS) is 10.5. The molecule has 0 aliphatic heterocycles. The number of halogens is 3. The highest BCUT2D eigenvalue weighted by Crippen LogP contribution is 2.19. The average Bonchev–Trinajstić information content (AvgIpc) is 2.38. The first-order chi connectivity index (χ1) is 8.81. The molecule has 19 heavy (non-hydrogen) atoms. The first kappa shape index (κ1) is 14.6. The maximum absolute atomic E-state index is 12.2. The second-order valence-electron chi connectivity index (χ2n) is 3.34. The Morgan fingerprint density at radius 2 is 1.63 bits per heavy atom. The molecule has 0 saturated carbocycles. The molecule has 8 heteroatoms. The molecular formula is C11H7F3N2O3. The van der Waals surface area contributed by atoms with E-state index in [0.717, 1.165) is 31.4 Å². The number of nitrogens with zero attached hydrogens (tertiary/aromatic N) is 2. The molecule has 0 aliphatic rings. The predicted molar refractivity (Wildman–Crippen MR) is 56.6 cm³/mol. The number of benzene rings is 1. The molecule has 1 rings (SSSR count). The maximum Gasteiger partial charge on any atom is 0.462 e. The number of methoxy groups -OCH3 is 1. The lowest BCUT2D eigenvalue weighted by atomic mass is 10.0. The SMILES string of the molecule is COC(=O)c1ccc(C(=[N+]=[N-])C(=O)C(F)(F)F)cc1. The molecule has 0 atom stereocenters. The minimum Gasteiger partial charge on any atom is -0.465 e. The van der Waals surface area contributed by atoms with Crippen LogP contribution in [0.5, 0.6) is 0 Å². The molecule has 100 valence electrons. The second kappa shape index (κ2) is 5.45. The lowest BCUT2D eigenvalue weighted by Crippen LogP contribution is -2.32. The Kier molecular flexibility index (Phi) is 4.18. The first-order valence-electron chi connectivity index (χ1n) is 4.83. The topological polar surface area (TPSA) is 79.8 Å². The number of carbonyl (C=O) groups excluding carboxylic acids is 2. The van der Waals surface area contributed by atoms with Gasteiger partial charge in [-0.15, -0.1) is 0 Å². The summed E-state index contributed by atoms with van der Waals surface area (Å²) in [5.74, 6) is -2.96. The zero-order valence-electron chi connectivity index (χ0n) is 9.56. The highest BCUT2D eigenvalue weighted by Gasteiger charge is 2.47. The molecule has 0 bridgehead atoms. The number of carbonyl (C=O) groups is 2. The monoisotopic (exact) mass is 272 g/mol. The van der Waals surface area contributed by atoms with Gasteiger partial charge in [-0.25, -0.2) is 4.79 Å². The Morgan fingerprint density at radius 3 is 2.00 bits per heavy atom. The van der Waals surface area contributed by atoms with E-state index in [4.69, 9.17) is 5.53 Å². The number of alkyl halides is 3. The van der Waals surface area contributed by atoms with Crippen LogP contribution >= 0.6 is 0 Å². The Morgan fingerprint density at radius 1 is 1.16 bits per heavy atom. The van der Waals surface area contributed by atoms with Gasteiger partial charge in [0.15, 0.2) is 0 Å². The number of ketones is 1. The summed E-state index contributed by atoms with van der Waals surface area (Å²) in [4.78, 5) is 24.4. The van der Waals surface area contributed by atoms with Crippen molar-refractivity contribution in [1.82, 2.24) is 0 Å². The third-order valence-electron chi connectivity index (χ3n) is 2.15. The highest BCUT2D eigenvalue weighted by atomic mass is 19.4. The van der Waals surface area contributed by atoms with Crippen LogP contribution in [0.15, 0.2) is 24.3 Å². The minimum absolute atomic E-state index is 0.0861. The van der Waals surface area contributed by atoms with Crippen LogP contribution in [0.4, 0.5) is 13.2 Å². The van der Waals surface area contributed by atoms with Gasteiger partial charge in [0, 0.05) is 0 Å². The second-order valence-corrected chi connectivity index (χ2v) is 3.34. The zero-order valence-corrected chi connectivity index (χ0v) is 9.56. The quantitative estimate of drug-likeness (QED) is 0.363. The van der Waals surface area contributed by atoms with Gasteiger partial charge in [0.1, 0.15) is 0 Å². The molecule has 0 aromatic heterocycles. The van der Waals surface area contributed by atoms with E-state index in [1.54, 1.807) is 0 Å². The fourth-order valence-corrected chi connectivity index (χ4v) is 1.25. The summed E-state index contributed by atoms with van der Waals surface area (Å²) < 4.78 is 41.1. The smallest absolute Gasteiger partial charge is 0.462 e. The van der Waals surface area contributed by atoms with Gasteiger partial charge in [-0.2, -0.15) is 18.0 Å². The van der Waals surface area contributed by atoms with Crippen LogP contribution < -0.4 is 0 Å². The number of Topliss-reactive ketones (excluding diaryl/α,β-unsaturated/α-hetero) is 1. The molecule has 0 N–H and O–H groups in total. The number of esters is 1. The summed E-state index contributed by atoms with van der Waals surface area (Å²) in [5, 5.41) is 0. The van der Waals surface area contributed by atoms with Gasteiger partial charge in [-0.1, -0.05) is 0 Å². The van der Waals surface area contributed by atoms with Crippen LogP contribution in [0.3, 0.4) is 0 Å². The summed E-state index contributed by atoms with van der Waals surface area (Å²) in [6.07, 6.45) is -5.15. The van der Waals surface area contributed by atoms with E-state index in [1.807, 2.05) is 0 Å². The molecule has 1 aromatic rings. The molecule has 1 aromatic carbocycles. The molecule has 0 fully saturated rings. The predicted octanol–water partition coefficient (Wildman–Crippen LogP) is 1.62. The van der Waals surface area contributed by atoms with Gasteiger partial charge in [-0.3, -0.25) is 4.79 Å². The minimum atomic E-state index is -5.15. The first-order valence-corrected chi connectivity index (χ1v) is 4.83. The van der Waals surface area contributed by atoms with E-state index in [9.17, 15) is 22.8 Å². The lowest BCUT2D eigenvalue weighted by Gasteiger charge is -2.02. The largest absolute Gasteiger partial charge is 0.465 e. The van der Waals surface area contributed by atoms with Crippen LogP contribution in [0, 0.1) is 0 Å². The molecule has 0 radical (unpaired) electrons. The Labute approximate surface area is 105 Å². The van der Waals surface area contributed by atoms with Crippen molar-refractivity contribution in [3.8, 4) is 0 Å². The third-order valence-corrected chi connectivity index (χ3v) is 2.15. The van der Waals surface area contributed by atoms with E-state index < -0.39 is 23.6 Å². The lowest BCUT2D eigenvalue weighted by molar-refractivity contribution is -0.166. The van der Waals surface area contributed by atoms with Gasteiger partial charge < -0.3 is 10.3 Å². The van der Waals surface area contributed by atoms with E-state index in [2.05, 4.69) is 9.53 Å². The summed E-state index contributed by atoms with van der Waals surface area (Å²) in [6.45, 7) is 0. The number of hydrogen-bond donors (Lipinski definition) is 0. The van der Waals surface area contributed by atoms with Gasteiger partial charge in [0.2, 0.25) is 0 Å². The molecule has 0 saturated heterocycles. The summed E-state index contributed by atoms with van der Waals surface area (Å²) in [6, 6.07) is 4.39. The number of rotatable bonds is 3. The van der Waals surface area contributed by atoms with Crippen LogP contribution in [0.25, 0.3) is 5.53 Å². The van der Waals surface area contributed by atoms with Crippen molar-refractivity contribution < 1.29 is 32.3 Å². The zero-order chi connectivity index (χ0) is 14.6. The van der Waals surface area contributed by atoms with Crippen LogP contribution in [-0.4, -0.2) is 35.5 Å². The van der Waals surface area contributed by atoms with E-state index in [-0.39, 0.29) is 11.1 Å². The van der Waals surface area contributed by atoms with Crippen molar-refractivity contribution >= 4 is 17.5 Å². The van der Waals surface area contributed by atoms with Crippen molar-refractivity contribution in [2.45, 2.75) is 6.18 Å². The van der Waals surface area contributed by atoms with Crippen LogP contribution in [0.1, 0.15) is 15.9 Å². The van der Waals surface area contributed by atoms with Crippen LogP contribution in [-0.2, 0) is 9.53 Å². The number of ether oxygens (including phenoxy) is 1. The molecule has 0 spiro atoms. The van der Waals surface area contributed by atoms with Crippen molar-refractivity contribution in [1.29, 1.82) is 0 Å². The summed E-state index contributed by atoms with van der Waals surface area (Å²) in [5.41, 5.74) is 7.18. The average molecular weight is 272 g/mol. The number of hydrogen-bond acceptors (Lipinski definition) is 3. The van der Waals surface area contributed by atoms with Gasteiger partial charge >= 0.3 is 23.6 Å². The van der Waals surface area contributed by atoms with Crippen molar-refractivity contribution in [3.05, 3.63) is 40.9 Å². The molecule has 0 amide bonds. The molecule has 0 aliphatic carbocycles. The fourth-order valence-electron chi connectivity index (χ4n) is 1.25. The van der Waals surface area contributed by atoms with E-state index in [0.29, 0.717) is 0 Å². The Hall–Kier alpha value is -2.47. The van der Waals surface area contributed by atoms with Crippen molar-refractivity contribution in [2.24, 2.45) is 0 Å². The fraction of sp³-hybridized carbons (Fsp3) is 0.182. The Bertz CT molecular complexity index is 558. The van der Waals surface area contributed by atoms with Gasteiger partial charge in [-0.05, 0) is 24.3 Å². The van der Waals surface area contributed by atoms with E-state index in [1.165, 1.54) is 0 Å². The van der Waals surface area contributed by atoms with Crippen LogP contribution in [0.2, 0.25) is 0 Å². The maximum atomic E-state index is 12.2. The third kappa shape index (κ3) is 3.26. The Balaban J connectivity index is 3.13. The van der Waals surface area contributed by atoms with Crippen molar-refractivity contribution in [2.75, 3.05) is 7.11 Å². The van der Waals surface area contributed by atoms with Gasteiger partial charge in [0.25, 0.3) is 0 Å². The summed E-state index contributed by atoms with van der Waals surface area (Å²) >= 11 is 0. The molecule has 5 nitrogen and oxygen atoms in total. The standard InChI is InChI=1S/C11H7F3N2O3/c1-19-10(18)7-4-2-6(3-5-7)8(16-15)9(17)11(12,13)14/h2-5H,1H3. The van der Waals surface area contributed by atoms with Gasteiger partial charge in [0.05, 0.1) is 18.2 Å². The van der Waals surface area contributed by atoms with E-state index >= 15 is 0 Å². The molecular weight excluding hydrogens is 265 g/mol. The van der Waals surface area contributed by atoms with Crippen molar-refractivity contribution in [3.63, 3.8) is 0 Å². The molecule has 0 unspecified atom stereocenters. The molecule has 0 heterocycles.